The lowest BCUT2D eigenvalue weighted by molar-refractivity contribution is 0.0599. The van der Waals surface area contributed by atoms with E-state index in [1.807, 2.05) is 17.0 Å². The predicted octanol–water partition coefficient (Wildman–Crippen LogP) is 4.00. The van der Waals surface area contributed by atoms with Crippen molar-refractivity contribution < 1.29 is 4.79 Å². The Labute approximate surface area is 154 Å². The molecule has 0 radical (unpaired) electrons. The van der Waals surface area contributed by atoms with Gasteiger partial charge >= 0.3 is 0 Å². The van der Waals surface area contributed by atoms with Crippen molar-refractivity contribution in [2.75, 3.05) is 19.6 Å². The van der Waals surface area contributed by atoms with Crippen LogP contribution in [0.2, 0.25) is 5.02 Å². The molecule has 4 rings (SSSR count). The SMILES string of the molecule is O=C(c1ccc(Cl)cc1)N1CCC(N2CCc3ccccc3C2)CC1. The Bertz CT molecular complexity index is 751. The van der Waals surface area contributed by atoms with E-state index in [0.717, 1.165) is 51.0 Å². The Morgan fingerprint density at radius 3 is 2.32 bits per heavy atom. The number of benzene rings is 2. The van der Waals surface area contributed by atoms with Crippen molar-refractivity contribution in [1.82, 2.24) is 9.80 Å². The van der Waals surface area contributed by atoms with Crippen LogP contribution < -0.4 is 0 Å². The van der Waals surface area contributed by atoms with Crippen molar-refractivity contribution in [3.63, 3.8) is 0 Å². The van der Waals surface area contributed by atoms with Crippen molar-refractivity contribution in [3.8, 4) is 0 Å². The second-order valence-electron chi connectivity index (χ2n) is 7.02. The number of carbonyl (C=O) groups is 1. The fourth-order valence-corrected chi connectivity index (χ4v) is 4.16. The van der Waals surface area contributed by atoms with Gasteiger partial charge in [0.05, 0.1) is 0 Å². The molecule has 0 saturated carbocycles. The van der Waals surface area contributed by atoms with Gasteiger partial charge in [0.15, 0.2) is 0 Å². The van der Waals surface area contributed by atoms with Crippen molar-refractivity contribution in [1.29, 1.82) is 0 Å². The van der Waals surface area contributed by atoms with Gasteiger partial charge in [0.2, 0.25) is 0 Å². The highest BCUT2D eigenvalue weighted by molar-refractivity contribution is 6.30. The van der Waals surface area contributed by atoms with Crippen molar-refractivity contribution in [2.45, 2.75) is 31.8 Å². The number of carbonyl (C=O) groups excluding carboxylic acids is 1. The fourth-order valence-electron chi connectivity index (χ4n) is 4.04. The molecular weight excluding hydrogens is 332 g/mol. The molecule has 130 valence electrons. The summed E-state index contributed by atoms with van der Waals surface area (Å²) in [4.78, 5) is 17.2. The molecule has 2 aliphatic heterocycles. The van der Waals surface area contributed by atoms with Crippen LogP contribution in [0, 0.1) is 0 Å². The molecule has 2 aromatic rings. The van der Waals surface area contributed by atoms with E-state index < -0.39 is 0 Å². The average molecular weight is 355 g/mol. The number of fused-ring (bicyclic) bond motifs is 1. The predicted molar refractivity (Wildman–Crippen MR) is 101 cm³/mol. The Hall–Kier alpha value is -1.84. The number of halogens is 1. The van der Waals surface area contributed by atoms with Gasteiger partial charge in [-0.15, -0.1) is 0 Å². The molecule has 0 aliphatic carbocycles. The molecule has 1 fully saturated rings. The van der Waals surface area contributed by atoms with Gasteiger partial charge in [0.1, 0.15) is 0 Å². The maximum atomic E-state index is 12.6. The first kappa shape index (κ1) is 16.6. The van der Waals surface area contributed by atoms with Crippen molar-refractivity contribution in [2.24, 2.45) is 0 Å². The zero-order chi connectivity index (χ0) is 17.2. The lowest BCUT2D eigenvalue weighted by Gasteiger charge is -2.40. The Balaban J connectivity index is 1.36. The van der Waals surface area contributed by atoms with Gasteiger partial charge in [-0.1, -0.05) is 35.9 Å². The Morgan fingerprint density at radius 2 is 1.60 bits per heavy atom. The first-order chi connectivity index (χ1) is 12.2. The van der Waals surface area contributed by atoms with Crippen LogP contribution in [0.1, 0.15) is 34.3 Å². The van der Waals surface area contributed by atoms with E-state index in [4.69, 9.17) is 11.6 Å². The lowest BCUT2D eigenvalue weighted by atomic mass is 9.95. The zero-order valence-electron chi connectivity index (χ0n) is 14.3. The molecule has 1 amide bonds. The maximum Gasteiger partial charge on any atom is 0.253 e. The maximum absolute atomic E-state index is 12.6. The molecule has 0 spiro atoms. The number of piperidine rings is 1. The molecule has 0 N–H and O–H groups in total. The third-order valence-corrected chi connectivity index (χ3v) is 5.77. The number of rotatable bonds is 2. The number of likely N-dealkylation sites (tertiary alicyclic amines) is 1. The Morgan fingerprint density at radius 1 is 0.920 bits per heavy atom. The molecule has 2 aliphatic rings. The number of hydrogen-bond acceptors (Lipinski definition) is 2. The van der Waals surface area contributed by atoms with E-state index in [9.17, 15) is 4.79 Å². The molecule has 0 aromatic heterocycles. The van der Waals surface area contributed by atoms with Gasteiger partial charge < -0.3 is 4.90 Å². The van der Waals surface area contributed by atoms with Crippen molar-refractivity contribution >= 4 is 17.5 Å². The topological polar surface area (TPSA) is 23.6 Å². The average Bonchev–Trinajstić information content (AvgIpc) is 2.68. The second-order valence-corrected chi connectivity index (χ2v) is 7.46. The Kier molecular flexibility index (Phi) is 4.78. The summed E-state index contributed by atoms with van der Waals surface area (Å²) in [5.41, 5.74) is 3.69. The van der Waals surface area contributed by atoms with Gasteiger partial charge in [-0.3, -0.25) is 9.69 Å². The molecule has 3 nitrogen and oxygen atoms in total. The van der Waals surface area contributed by atoms with Gasteiger partial charge in [0.25, 0.3) is 5.91 Å². The molecule has 1 saturated heterocycles. The molecule has 2 aromatic carbocycles. The van der Waals surface area contributed by atoms with E-state index in [2.05, 4.69) is 29.2 Å². The van der Waals surface area contributed by atoms with E-state index in [-0.39, 0.29) is 5.91 Å². The number of amides is 1. The van der Waals surface area contributed by atoms with E-state index in [1.54, 1.807) is 12.1 Å². The minimum absolute atomic E-state index is 0.124. The standard InChI is InChI=1S/C21H23ClN2O/c22-19-7-5-17(6-8-19)21(25)23-13-10-20(11-14-23)24-12-9-16-3-1-2-4-18(16)15-24/h1-8,20H,9-15H2. The highest BCUT2D eigenvalue weighted by Gasteiger charge is 2.29. The third kappa shape index (κ3) is 3.58. The molecule has 0 bridgehead atoms. The van der Waals surface area contributed by atoms with Crippen LogP contribution in [0.4, 0.5) is 0 Å². The van der Waals surface area contributed by atoms with E-state index in [1.165, 1.54) is 11.1 Å². The minimum Gasteiger partial charge on any atom is -0.339 e. The minimum atomic E-state index is 0.124. The molecule has 0 atom stereocenters. The quantitative estimate of drug-likeness (QED) is 0.813. The summed E-state index contributed by atoms with van der Waals surface area (Å²) in [6.07, 6.45) is 3.25. The monoisotopic (exact) mass is 354 g/mol. The normalized spacial score (nSPS) is 18.8. The van der Waals surface area contributed by atoms with Gasteiger partial charge in [0, 0.05) is 42.8 Å². The van der Waals surface area contributed by atoms with Crippen molar-refractivity contribution in [3.05, 3.63) is 70.2 Å². The molecular formula is C21H23ClN2O. The van der Waals surface area contributed by atoms with Crippen LogP contribution in [0.5, 0.6) is 0 Å². The summed E-state index contributed by atoms with van der Waals surface area (Å²) >= 11 is 5.91. The first-order valence-electron chi connectivity index (χ1n) is 9.06. The molecule has 0 unspecified atom stereocenters. The lowest BCUT2D eigenvalue weighted by Crippen LogP contribution is -2.48. The number of nitrogens with zero attached hydrogens (tertiary/aromatic N) is 2. The van der Waals surface area contributed by atoms with Crippen LogP contribution >= 0.6 is 11.6 Å². The second kappa shape index (κ2) is 7.19. The van der Waals surface area contributed by atoms with Crippen LogP contribution in [0.3, 0.4) is 0 Å². The molecule has 25 heavy (non-hydrogen) atoms. The smallest absolute Gasteiger partial charge is 0.253 e. The molecule has 4 heteroatoms. The summed E-state index contributed by atoms with van der Waals surface area (Å²) < 4.78 is 0. The summed E-state index contributed by atoms with van der Waals surface area (Å²) in [5, 5.41) is 0.667. The highest BCUT2D eigenvalue weighted by atomic mass is 35.5. The molecule has 2 heterocycles. The summed E-state index contributed by atoms with van der Waals surface area (Å²) in [7, 11) is 0. The summed E-state index contributed by atoms with van der Waals surface area (Å²) in [6, 6.07) is 16.6. The van der Waals surface area contributed by atoms with Gasteiger partial charge in [-0.05, 0) is 54.7 Å². The van der Waals surface area contributed by atoms with Crippen LogP contribution in [0.15, 0.2) is 48.5 Å². The van der Waals surface area contributed by atoms with Crippen LogP contribution in [-0.4, -0.2) is 41.4 Å². The summed E-state index contributed by atoms with van der Waals surface area (Å²) in [6.45, 7) is 3.85. The van der Waals surface area contributed by atoms with E-state index >= 15 is 0 Å². The number of hydrogen-bond donors (Lipinski definition) is 0. The third-order valence-electron chi connectivity index (χ3n) is 5.52. The zero-order valence-corrected chi connectivity index (χ0v) is 15.1. The highest BCUT2D eigenvalue weighted by Crippen LogP contribution is 2.25. The largest absolute Gasteiger partial charge is 0.339 e. The van der Waals surface area contributed by atoms with Crippen LogP contribution in [-0.2, 0) is 13.0 Å². The van der Waals surface area contributed by atoms with Gasteiger partial charge in [-0.2, -0.15) is 0 Å². The summed E-state index contributed by atoms with van der Waals surface area (Å²) in [5.74, 6) is 0.124. The van der Waals surface area contributed by atoms with E-state index in [0.29, 0.717) is 11.1 Å². The first-order valence-corrected chi connectivity index (χ1v) is 9.44. The van der Waals surface area contributed by atoms with Gasteiger partial charge in [-0.25, -0.2) is 0 Å². The fraction of sp³-hybridized carbons (Fsp3) is 0.381. The van der Waals surface area contributed by atoms with Crippen LogP contribution in [0.25, 0.3) is 0 Å².